The van der Waals surface area contributed by atoms with E-state index < -0.39 is 0 Å². The first kappa shape index (κ1) is 14.7. The molecule has 2 N–H and O–H groups in total. The fraction of sp³-hybridized carbons (Fsp3) is 0.571. The largest absolute Gasteiger partial charge is 0.384 e. The van der Waals surface area contributed by atoms with Crippen molar-refractivity contribution in [3.8, 4) is 0 Å². The van der Waals surface area contributed by atoms with E-state index in [0.717, 1.165) is 26.1 Å². The molecule has 19 heavy (non-hydrogen) atoms. The third-order valence-corrected chi connectivity index (χ3v) is 4.05. The zero-order valence-corrected chi connectivity index (χ0v) is 11.9. The highest BCUT2D eigenvalue weighted by molar-refractivity contribution is 6.31. The lowest BCUT2D eigenvalue weighted by atomic mass is 10.0. The van der Waals surface area contributed by atoms with Crippen LogP contribution in [0, 0.1) is 11.7 Å². The Morgan fingerprint density at radius 3 is 3.00 bits per heavy atom. The van der Waals surface area contributed by atoms with Gasteiger partial charge in [0.05, 0.1) is 12.6 Å². The Morgan fingerprint density at radius 2 is 2.37 bits per heavy atom. The zero-order valence-electron chi connectivity index (χ0n) is 11.1. The van der Waals surface area contributed by atoms with Crippen molar-refractivity contribution in [1.82, 2.24) is 4.90 Å². The van der Waals surface area contributed by atoms with Gasteiger partial charge in [-0.25, -0.2) is 4.39 Å². The minimum absolute atomic E-state index is 0.157. The van der Waals surface area contributed by atoms with Gasteiger partial charge in [-0.2, -0.15) is 0 Å². The molecule has 0 bridgehead atoms. The van der Waals surface area contributed by atoms with Crippen LogP contribution in [0.25, 0.3) is 0 Å². The molecule has 1 aromatic rings. The molecule has 0 aromatic heterocycles. The van der Waals surface area contributed by atoms with Crippen molar-refractivity contribution in [1.29, 1.82) is 0 Å². The van der Waals surface area contributed by atoms with Crippen molar-refractivity contribution in [2.24, 2.45) is 11.7 Å². The van der Waals surface area contributed by atoms with E-state index in [2.05, 4.69) is 4.90 Å². The summed E-state index contributed by atoms with van der Waals surface area (Å²) in [6.45, 7) is 2.88. The molecule has 1 heterocycles. The highest BCUT2D eigenvalue weighted by Gasteiger charge is 2.30. The molecular weight excluding hydrogens is 267 g/mol. The van der Waals surface area contributed by atoms with Gasteiger partial charge in [-0.3, -0.25) is 4.90 Å². The molecule has 0 aliphatic carbocycles. The molecule has 0 radical (unpaired) electrons. The van der Waals surface area contributed by atoms with E-state index in [0.29, 0.717) is 23.0 Å². The number of nitrogens with two attached hydrogens (primary N) is 1. The molecule has 1 aliphatic rings. The minimum atomic E-state index is -0.279. The fourth-order valence-electron chi connectivity index (χ4n) is 2.80. The average Bonchev–Trinajstić information content (AvgIpc) is 2.83. The van der Waals surface area contributed by atoms with E-state index in [4.69, 9.17) is 22.1 Å². The maximum absolute atomic E-state index is 14.0. The molecular formula is C14H20ClFN2O. The predicted molar refractivity (Wildman–Crippen MR) is 74.8 cm³/mol. The van der Waals surface area contributed by atoms with Gasteiger partial charge in [-0.15, -0.1) is 0 Å². The normalized spacial score (nSPS) is 21.8. The molecule has 1 aliphatic heterocycles. The second-order valence-electron chi connectivity index (χ2n) is 4.99. The first-order chi connectivity index (χ1) is 9.17. The molecule has 0 spiro atoms. The number of halogens is 2. The van der Waals surface area contributed by atoms with Crippen molar-refractivity contribution in [2.45, 2.75) is 12.5 Å². The summed E-state index contributed by atoms with van der Waals surface area (Å²) in [5.41, 5.74) is 6.36. The van der Waals surface area contributed by atoms with Gasteiger partial charge in [0, 0.05) is 30.8 Å². The molecule has 1 aromatic carbocycles. The van der Waals surface area contributed by atoms with Crippen molar-refractivity contribution in [2.75, 3.05) is 33.4 Å². The maximum atomic E-state index is 14.0. The zero-order chi connectivity index (χ0) is 13.8. The molecule has 2 atom stereocenters. The lowest BCUT2D eigenvalue weighted by molar-refractivity contribution is 0.147. The maximum Gasteiger partial charge on any atom is 0.129 e. The molecule has 0 saturated carbocycles. The minimum Gasteiger partial charge on any atom is -0.384 e. The van der Waals surface area contributed by atoms with Gasteiger partial charge in [-0.1, -0.05) is 17.7 Å². The van der Waals surface area contributed by atoms with Crippen LogP contribution in [-0.4, -0.2) is 38.3 Å². The van der Waals surface area contributed by atoms with Crippen LogP contribution in [0.5, 0.6) is 0 Å². The van der Waals surface area contributed by atoms with E-state index in [1.807, 2.05) is 0 Å². The third-order valence-electron chi connectivity index (χ3n) is 3.72. The van der Waals surface area contributed by atoms with Crippen LogP contribution >= 0.6 is 11.6 Å². The Hall–Kier alpha value is -0.680. The summed E-state index contributed by atoms with van der Waals surface area (Å²) < 4.78 is 19.2. The lowest BCUT2D eigenvalue weighted by Gasteiger charge is -2.28. The monoisotopic (exact) mass is 286 g/mol. The number of ether oxygens (including phenoxy) is 1. The molecule has 1 fully saturated rings. The SMILES string of the molecule is COCC1CCN(C(CN)c2c(F)cccc2Cl)C1. The highest BCUT2D eigenvalue weighted by Crippen LogP contribution is 2.32. The Balaban J connectivity index is 2.17. The number of methoxy groups -OCH3 is 1. The number of likely N-dealkylation sites (tertiary alicyclic amines) is 1. The van der Waals surface area contributed by atoms with Gasteiger partial charge in [0.1, 0.15) is 5.82 Å². The lowest BCUT2D eigenvalue weighted by Crippen LogP contribution is -2.33. The number of hydrogen-bond donors (Lipinski definition) is 1. The molecule has 2 unspecified atom stereocenters. The average molecular weight is 287 g/mol. The first-order valence-corrected chi connectivity index (χ1v) is 6.92. The summed E-state index contributed by atoms with van der Waals surface area (Å²) >= 11 is 6.13. The van der Waals surface area contributed by atoms with E-state index in [1.165, 1.54) is 6.07 Å². The van der Waals surface area contributed by atoms with Gasteiger partial charge < -0.3 is 10.5 Å². The highest BCUT2D eigenvalue weighted by atomic mass is 35.5. The summed E-state index contributed by atoms with van der Waals surface area (Å²) in [4.78, 5) is 2.20. The van der Waals surface area contributed by atoms with Gasteiger partial charge in [-0.05, 0) is 31.0 Å². The van der Waals surface area contributed by atoms with Crippen LogP contribution in [0.4, 0.5) is 4.39 Å². The van der Waals surface area contributed by atoms with E-state index in [9.17, 15) is 4.39 Å². The summed E-state index contributed by atoms with van der Waals surface area (Å²) in [6, 6.07) is 4.61. The van der Waals surface area contributed by atoms with Gasteiger partial charge in [0.15, 0.2) is 0 Å². The summed E-state index contributed by atoms with van der Waals surface area (Å²) in [5.74, 6) is 0.211. The predicted octanol–water partition coefficient (Wildman–Crippen LogP) is 2.45. The Labute approximate surface area is 118 Å². The summed E-state index contributed by atoms with van der Waals surface area (Å²) in [6.07, 6.45) is 1.05. The topological polar surface area (TPSA) is 38.5 Å². The fourth-order valence-corrected chi connectivity index (χ4v) is 3.08. The third kappa shape index (κ3) is 3.26. The smallest absolute Gasteiger partial charge is 0.129 e. The Kier molecular flexibility index (Phi) is 5.16. The Bertz CT molecular complexity index is 410. The molecule has 5 heteroatoms. The number of hydrogen-bond acceptors (Lipinski definition) is 3. The second kappa shape index (κ2) is 6.66. The van der Waals surface area contributed by atoms with E-state index in [-0.39, 0.29) is 11.9 Å². The number of benzene rings is 1. The molecule has 1 saturated heterocycles. The first-order valence-electron chi connectivity index (χ1n) is 6.54. The van der Waals surface area contributed by atoms with Crippen LogP contribution in [0.15, 0.2) is 18.2 Å². The molecule has 3 nitrogen and oxygen atoms in total. The van der Waals surface area contributed by atoms with Gasteiger partial charge in [0.25, 0.3) is 0 Å². The molecule has 0 amide bonds. The number of nitrogens with zero attached hydrogens (tertiary/aromatic N) is 1. The van der Waals surface area contributed by atoms with Crippen LogP contribution in [-0.2, 0) is 4.74 Å². The summed E-state index contributed by atoms with van der Waals surface area (Å²) in [5, 5.41) is 0.450. The van der Waals surface area contributed by atoms with E-state index >= 15 is 0 Å². The van der Waals surface area contributed by atoms with Crippen molar-refractivity contribution < 1.29 is 9.13 Å². The van der Waals surface area contributed by atoms with Crippen LogP contribution < -0.4 is 5.73 Å². The molecule has 106 valence electrons. The van der Waals surface area contributed by atoms with Crippen molar-refractivity contribution in [3.63, 3.8) is 0 Å². The van der Waals surface area contributed by atoms with Gasteiger partial charge >= 0.3 is 0 Å². The van der Waals surface area contributed by atoms with Gasteiger partial charge in [0.2, 0.25) is 0 Å². The quantitative estimate of drug-likeness (QED) is 0.904. The molecule has 2 rings (SSSR count). The Morgan fingerprint density at radius 1 is 1.58 bits per heavy atom. The summed E-state index contributed by atoms with van der Waals surface area (Å²) in [7, 11) is 1.71. The van der Waals surface area contributed by atoms with Crippen LogP contribution in [0.3, 0.4) is 0 Å². The number of rotatable bonds is 5. The van der Waals surface area contributed by atoms with Crippen molar-refractivity contribution in [3.05, 3.63) is 34.6 Å². The second-order valence-corrected chi connectivity index (χ2v) is 5.40. The van der Waals surface area contributed by atoms with Crippen LogP contribution in [0.2, 0.25) is 5.02 Å². The van der Waals surface area contributed by atoms with E-state index in [1.54, 1.807) is 19.2 Å². The standard InChI is InChI=1S/C14H20ClFN2O/c1-19-9-10-5-6-18(8-10)13(7-17)14-11(15)3-2-4-12(14)16/h2-4,10,13H,5-9,17H2,1H3. The van der Waals surface area contributed by atoms with Crippen LogP contribution in [0.1, 0.15) is 18.0 Å². The van der Waals surface area contributed by atoms with Crippen molar-refractivity contribution >= 4 is 11.6 Å².